The van der Waals surface area contributed by atoms with Crippen LogP contribution in [0.15, 0.2) is 11.7 Å². The van der Waals surface area contributed by atoms with E-state index in [-0.39, 0.29) is 12.2 Å². The Morgan fingerprint density at radius 3 is 3.06 bits per heavy atom. The number of likely N-dealkylation sites (tertiary alicyclic amines) is 1. The van der Waals surface area contributed by atoms with E-state index in [0.29, 0.717) is 0 Å². The van der Waals surface area contributed by atoms with Gasteiger partial charge < -0.3 is 9.84 Å². The number of carbonyl (C=O) groups is 1. The van der Waals surface area contributed by atoms with Crippen molar-refractivity contribution in [3.8, 4) is 0 Å². The highest BCUT2D eigenvalue weighted by Crippen LogP contribution is 2.26. The zero-order valence-electron chi connectivity index (χ0n) is 9.05. The summed E-state index contributed by atoms with van der Waals surface area (Å²) in [5.74, 6) is -0.915. The number of rotatable bonds is 5. The average Bonchev–Trinajstić information content (AvgIpc) is 2.65. The monoisotopic (exact) mass is 242 g/mol. The molecule has 0 aliphatic carbocycles. The van der Waals surface area contributed by atoms with Gasteiger partial charge in [-0.3, -0.25) is 9.88 Å². The fourth-order valence-corrected chi connectivity index (χ4v) is 2.52. The van der Waals surface area contributed by atoms with Crippen LogP contribution >= 0.6 is 11.3 Å². The molecule has 16 heavy (non-hydrogen) atoms. The quantitative estimate of drug-likeness (QED) is 0.828. The van der Waals surface area contributed by atoms with E-state index in [9.17, 15) is 4.79 Å². The average molecular weight is 242 g/mol. The highest BCUT2D eigenvalue weighted by molar-refractivity contribution is 7.09. The number of aromatic nitrogens is 1. The van der Waals surface area contributed by atoms with Crippen LogP contribution in [0.4, 0.5) is 0 Å². The van der Waals surface area contributed by atoms with Gasteiger partial charge in [-0.1, -0.05) is 0 Å². The first kappa shape index (κ1) is 11.5. The minimum atomic E-state index is -0.915. The molecular formula is C10H14N2O3S. The maximum Gasteiger partial charge on any atom is 0.329 e. The van der Waals surface area contributed by atoms with Gasteiger partial charge >= 0.3 is 5.97 Å². The predicted molar refractivity (Wildman–Crippen MR) is 59.4 cm³/mol. The van der Waals surface area contributed by atoms with Gasteiger partial charge in [0.2, 0.25) is 0 Å². The van der Waals surface area contributed by atoms with Crippen LogP contribution in [0.5, 0.6) is 0 Å². The third-order valence-corrected chi connectivity index (χ3v) is 3.29. The van der Waals surface area contributed by atoms with E-state index in [1.807, 2.05) is 18.6 Å². The van der Waals surface area contributed by atoms with Gasteiger partial charge in [0.05, 0.1) is 11.1 Å². The van der Waals surface area contributed by atoms with Crippen LogP contribution in [0.1, 0.15) is 11.8 Å². The number of thiazole rings is 1. The summed E-state index contributed by atoms with van der Waals surface area (Å²) in [5, 5.41) is 8.52. The lowest BCUT2D eigenvalue weighted by molar-refractivity contribution is -0.165. The van der Waals surface area contributed by atoms with Crippen molar-refractivity contribution in [2.45, 2.75) is 19.1 Å². The van der Waals surface area contributed by atoms with E-state index in [2.05, 4.69) is 9.88 Å². The van der Waals surface area contributed by atoms with Crippen LogP contribution in [-0.2, 0) is 16.1 Å². The largest absolute Gasteiger partial charge is 0.480 e. The van der Waals surface area contributed by atoms with Crippen molar-refractivity contribution >= 4 is 17.3 Å². The molecule has 6 heteroatoms. The molecule has 1 N–H and O–H groups in total. The number of ether oxygens (including phenoxy) is 1. The molecule has 2 rings (SSSR count). The van der Waals surface area contributed by atoms with Gasteiger partial charge in [0.1, 0.15) is 6.61 Å². The van der Waals surface area contributed by atoms with E-state index < -0.39 is 5.97 Å². The molecule has 0 atom stereocenters. The molecule has 1 aromatic rings. The third kappa shape index (κ3) is 2.78. The zero-order valence-corrected chi connectivity index (χ0v) is 9.87. The molecular weight excluding hydrogens is 228 g/mol. The van der Waals surface area contributed by atoms with Crippen molar-refractivity contribution in [2.24, 2.45) is 0 Å². The van der Waals surface area contributed by atoms with Crippen LogP contribution in [0.3, 0.4) is 0 Å². The third-order valence-electron chi connectivity index (χ3n) is 2.52. The van der Waals surface area contributed by atoms with E-state index in [1.54, 1.807) is 11.3 Å². The van der Waals surface area contributed by atoms with Crippen molar-refractivity contribution in [3.63, 3.8) is 0 Å². The van der Waals surface area contributed by atoms with Crippen LogP contribution < -0.4 is 0 Å². The maximum atomic E-state index is 10.4. The van der Waals surface area contributed by atoms with Crippen molar-refractivity contribution in [3.05, 3.63) is 16.6 Å². The molecule has 0 radical (unpaired) electrons. The summed E-state index contributed by atoms with van der Waals surface area (Å²) in [6.45, 7) is 4.15. The van der Waals surface area contributed by atoms with Gasteiger partial charge in [0.15, 0.2) is 0 Å². The van der Waals surface area contributed by atoms with Gasteiger partial charge in [0.25, 0.3) is 0 Å². The molecule has 5 nitrogen and oxygen atoms in total. The predicted octanol–water partition coefficient (Wildman–Crippen LogP) is 0.819. The van der Waals surface area contributed by atoms with Gasteiger partial charge in [-0.15, -0.1) is 11.3 Å². The molecule has 1 aromatic heterocycles. The first-order valence-electron chi connectivity index (χ1n) is 5.03. The summed E-state index contributed by atoms with van der Waals surface area (Å²) in [6.07, 6.45) is 1.86. The van der Waals surface area contributed by atoms with Crippen LogP contribution in [0.25, 0.3) is 0 Å². The SMILES string of the molecule is CC1(OCC(=O)O)CN(Cc2cncs2)C1. The minimum absolute atomic E-state index is 0.217. The lowest BCUT2D eigenvalue weighted by Crippen LogP contribution is -2.61. The van der Waals surface area contributed by atoms with E-state index >= 15 is 0 Å². The smallest absolute Gasteiger partial charge is 0.329 e. The van der Waals surface area contributed by atoms with Crippen molar-refractivity contribution in [2.75, 3.05) is 19.7 Å². The molecule has 0 saturated carbocycles. The number of carboxylic acids is 1. The first-order valence-corrected chi connectivity index (χ1v) is 5.91. The summed E-state index contributed by atoms with van der Waals surface area (Å²) in [5.41, 5.74) is 1.51. The number of carboxylic acid groups (broad SMARTS) is 1. The maximum absolute atomic E-state index is 10.4. The molecule has 2 heterocycles. The van der Waals surface area contributed by atoms with E-state index in [1.165, 1.54) is 4.88 Å². The van der Waals surface area contributed by atoms with Crippen LogP contribution in [0.2, 0.25) is 0 Å². The standard InChI is InChI=1S/C10H14N2O3S/c1-10(15-4-9(13)14)5-12(6-10)3-8-2-11-7-16-8/h2,7H,3-6H2,1H3,(H,13,14). The minimum Gasteiger partial charge on any atom is -0.480 e. The summed E-state index contributed by atoms with van der Waals surface area (Å²) < 4.78 is 5.32. The Labute approximate surface area is 97.7 Å². The van der Waals surface area contributed by atoms with Gasteiger partial charge in [-0.2, -0.15) is 0 Å². The van der Waals surface area contributed by atoms with Crippen molar-refractivity contribution < 1.29 is 14.6 Å². The zero-order chi connectivity index (χ0) is 11.6. The van der Waals surface area contributed by atoms with Gasteiger partial charge in [-0.25, -0.2) is 4.79 Å². The Balaban J connectivity index is 1.74. The van der Waals surface area contributed by atoms with Crippen molar-refractivity contribution in [1.82, 2.24) is 9.88 Å². The topological polar surface area (TPSA) is 62.7 Å². The molecule has 0 aromatic carbocycles. The fourth-order valence-electron chi connectivity index (χ4n) is 1.88. The summed E-state index contributed by atoms with van der Waals surface area (Å²) in [7, 11) is 0. The second kappa shape index (κ2) is 4.48. The second-order valence-corrected chi connectivity index (χ2v) is 5.22. The number of hydrogen-bond donors (Lipinski definition) is 1. The lowest BCUT2D eigenvalue weighted by atomic mass is 9.96. The molecule has 0 unspecified atom stereocenters. The molecule has 0 bridgehead atoms. The Hall–Kier alpha value is -0.980. The molecule has 88 valence electrons. The normalized spacial score (nSPS) is 19.3. The highest BCUT2D eigenvalue weighted by atomic mass is 32.1. The van der Waals surface area contributed by atoms with E-state index in [0.717, 1.165) is 19.6 Å². The van der Waals surface area contributed by atoms with Crippen LogP contribution in [0, 0.1) is 0 Å². The molecule has 1 fully saturated rings. The Kier molecular flexibility index (Phi) is 3.22. The summed E-state index contributed by atoms with van der Waals surface area (Å²) >= 11 is 1.63. The molecule has 1 saturated heterocycles. The Morgan fingerprint density at radius 2 is 2.50 bits per heavy atom. The molecule has 0 spiro atoms. The summed E-state index contributed by atoms with van der Waals surface area (Å²) in [6, 6.07) is 0. The first-order chi connectivity index (χ1) is 7.57. The number of aliphatic carboxylic acids is 1. The Morgan fingerprint density at radius 1 is 1.75 bits per heavy atom. The second-order valence-electron chi connectivity index (χ2n) is 4.25. The van der Waals surface area contributed by atoms with Gasteiger partial charge in [0, 0.05) is 30.7 Å². The fraction of sp³-hybridized carbons (Fsp3) is 0.600. The Bertz CT molecular complexity index is 360. The highest BCUT2D eigenvalue weighted by Gasteiger charge is 2.40. The van der Waals surface area contributed by atoms with E-state index in [4.69, 9.17) is 9.84 Å². The molecule has 0 amide bonds. The van der Waals surface area contributed by atoms with Crippen molar-refractivity contribution in [1.29, 1.82) is 0 Å². The van der Waals surface area contributed by atoms with Crippen LogP contribution in [-0.4, -0.2) is 46.3 Å². The van der Waals surface area contributed by atoms with Gasteiger partial charge in [-0.05, 0) is 6.92 Å². The number of hydrogen-bond acceptors (Lipinski definition) is 5. The number of nitrogens with zero attached hydrogens (tertiary/aromatic N) is 2. The lowest BCUT2D eigenvalue weighted by Gasteiger charge is -2.47. The molecule has 1 aliphatic heterocycles. The summed E-state index contributed by atoms with van der Waals surface area (Å²) in [4.78, 5) is 17.8. The molecule has 1 aliphatic rings.